The maximum atomic E-state index is 14.1. The average Bonchev–Trinajstić information content (AvgIpc) is 3.22. The summed E-state index contributed by atoms with van der Waals surface area (Å²) in [5.41, 5.74) is 2.15. The Hall–Kier alpha value is -1.69. The van der Waals surface area contributed by atoms with Gasteiger partial charge in [-0.25, -0.2) is 13.8 Å². The zero-order valence-electron chi connectivity index (χ0n) is 13.7. The van der Waals surface area contributed by atoms with E-state index < -0.39 is 11.6 Å². The summed E-state index contributed by atoms with van der Waals surface area (Å²) in [6, 6.07) is 7.19. The Morgan fingerprint density at radius 3 is 2.38 bits per heavy atom. The van der Waals surface area contributed by atoms with Crippen LogP contribution in [0.4, 0.5) is 14.5 Å². The van der Waals surface area contributed by atoms with Gasteiger partial charge in [0.25, 0.3) is 0 Å². The number of anilines is 1. The van der Waals surface area contributed by atoms with Crippen LogP contribution in [0.3, 0.4) is 0 Å². The van der Waals surface area contributed by atoms with Crippen LogP contribution in [0.25, 0.3) is 11.3 Å². The van der Waals surface area contributed by atoms with Crippen LogP contribution in [-0.2, 0) is 5.41 Å². The molecule has 0 bridgehead atoms. The van der Waals surface area contributed by atoms with Crippen molar-refractivity contribution in [3.05, 3.63) is 68.0 Å². The molecule has 0 aliphatic heterocycles. The van der Waals surface area contributed by atoms with E-state index in [1.54, 1.807) is 12.4 Å². The zero-order chi connectivity index (χ0) is 18.5. The summed E-state index contributed by atoms with van der Waals surface area (Å²) in [5.74, 6) is -1.23. The molecule has 7 heteroatoms. The highest BCUT2D eigenvalue weighted by atomic mass is 35.5. The Balaban J connectivity index is 1.76. The largest absolute Gasteiger partial charge is 0.388 e. The molecule has 1 saturated carbocycles. The predicted octanol–water partition coefficient (Wildman–Crippen LogP) is 6.52. The molecule has 1 aliphatic carbocycles. The number of aromatic nitrogens is 1. The van der Waals surface area contributed by atoms with E-state index in [9.17, 15) is 8.78 Å². The molecule has 0 atom stereocenters. The standard InChI is InChI=1S/C19H14Cl2F2N2S/c1-24-11-7-13(20)17(14(21)8-11)19(4-5-19)18-25-16(9-26-18)12-3-2-10(22)6-15(12)23/h2-3,6-9,24H,4-5H2,1H3. The molecule has 2 nitrogen and oxygen atoms in total. The van der Waals surface area contributed by atoms with Crippen LogP contribution in [0.1, 0.15) is 23.4 Å². The van der Waals surface area contributed by atoms with E-state index in [0.29, 0.717) is 15.7 Å². The normalized spacial score (nSPS) is 15.1. The Kier molecular flexibility index (Phi) is 4.41. The predicted molar refractivity (Wildman–Crippen MR) is 103 cm³/mol. The summed E-state index contributed by atoms with van der Waals surface area (Å²) in [6.45, 7) is 0. The summed E-state index contributed by atoms with van der Waals surface area (Å²) < 4.78 is 27.2. The van der Waals surface area contributed by atoms with Gasteiger partial charge in [0.2, 0.25) is 0 Å². The van der Waals surface area contributed by atoms with Gasteiger partial charge in [-0.05, 0) is 37.1 Å². The number of halogens is 4. The molecule has 0 amide bonds. The molecular weight excluding hydrogens is 397 g/mol. The topological polar surface area (TPSA) is 24.9 Å². The average molecular weight is 411 g/mol. The Morgan fingerprint density at radius 1 is 1.12 bits per heavy atom. The van der Waals surface area contributed by atoms with E-state index in [0.717, 1.165) is 35.2 Å². The fourth-order valence-corrected chi connectivity index (χ4v) is 5.12. The SMILES string of the molecule is CNc1cc(Cl)c(C2(c3nc(-c4ccc(F)cc4F)cs3)CC2)c(Cl)c1. The summed E-state index contributed by atoms with van der Waals surface area (Å²) in [4.78, 5) is 4.63. The lowest BCUT2D eigenvalue weighted by Crippen LogP contribution is -2.10. The van der Waals surface area contributed by atoms with Crippen molar-refractivity contribution in [3.8, 4) is 11.3 Å². The highest BCUT2D eigenvalue weighted by Crippen LogP contribution is 2.58. The molecule has 4 rings (SSSR count). The molecule has 1 aromatic heterocycles. The van der Waals surface area contributed by atoms with Crippen LogP contribution in [-0.4, -0.2) is 12.0 Å². The molecule has 0 spiro atoms. The Bertz CT molecular complexity index is 976. The summed E-state index contributed by atoms with van der Waals surface area (Å²) >= 11 is 14.5. The van der Waals surface area contributed by atoms with Gasteiger partial charge in [0, 0.05) is 45.4 Å². The van der Waals surface area contributed by atoms with E-state index in [4.69, 9.17) is 23.2 Å². The van der Waals surface area contributed by atoms with Gasteiger partial charge in [-0.2, -0.15) is 0 Å². The lowest BCUT2D eigenvalue weighted by atomic mass is 9.96. The fourth-order valence-electron chi connectivity index (χ4n) is 3.18. The van der Waals surface area contributed by atoms with Crippen molar-refractivity contribution >= 4 is 40.2 Å². The first-order valence-corrected chi connectivity index (χ1v) is 9.67. The van der Waals surface area contributed by atoms with Crippen LogP contribution in [0.15, 0.2) is 35.7 Å². The smallest absolute Gasteiger partial charge is 0.135 e. The van der Waals surface area contributed by atoms with Crippen LogP contribution >= 0.6 is 34.5 Å². The Morgan fingerprint density at radius 2 is 1.81 bits per heavy atom. The first-order chi connectivity index (χ1) is 12.4. The van der Waals surface area contributed by atoms with Crippen molar-refractivity contribution in [2.45, 2.75) is 18.3 Å². The monoisotopic (exact) mass is 410 g/mol. The van der Waals surface area contributed by atoms with Crippen molar-refractivity contribution < 1.29 is 8.78 Å². The van der Waals surface area contributed by atoms with E-state index in [2.05, 4.69) is 10.3 Å². The number of thiazole rings is 1. The van der Waals surface area contributed by atoms with Crippen LogP contribution < -0.4 is 5.32 Å². The van der Waals surface area contributed by atoms with Gasteiger partial charge in [-0.15, -0.1) is 11.3 Å². The second kappa shape index (κ2) is 6.48. The number of benzene rings is 2. The minimum Gasteiger partial charge on any atom is -0.388 e. The van der Waals surface area contributed by atoms with Gasteiger partial charge < -0.3 is 5.32 Å². The van der Waals surface area contributed by atoms with Gasteiger partial charge in [-0.3, -0.25) is 0 Å². The minimum absolute atomic E-state index is 0.285. The summed E-state index contributed by atoms with van der Waals surface area (Å²) in [7, 11) is 1.80. The van der Waals surface area contributed by atoms with Crippen molar-refractivity contribution in [2.75, 3.05) is 12.4 Å². The fraction of sp³-hybridized carbons (Fsp3) is 0.211. The minimum atomic E-state index is -0.624. The molecule has 2 aromatic carbocycles. The maximum absolute atomic E-state index is 14.1. The van der Waals surface area contributed by atoms with Gasteiger partial charge >= 0.3 is 0 Å². The number of nitrogens with one attached hydrogen (secondary N) is 1. The van der Waals surface area contributed by atoms with E-state index in [1.807, 2.05) is 12.1 Å². The molecule has 134 valence electrons. The molecule has 0 saturated heterocycles. The highest BCUT2D eigenvalue weighted by Gasteiger charge is 2.51. The summed E-state index contributed by atoms with van der Waals surface area (Å²) in [5, 5.41) is 6.84. The van der Waals surface area contributed by atoms with Crippen molar-refractivity contribution in [2.24, 2.45) is 0 Å². The first kappa shape index (κ1) is 17.7. The van der Waals surface area contributed by atoms with Gasteiger partial charge in [0.05, 0.1) is 11.1 Å². The highest BCUT2D eigenvalue weighted by molar-refractivity contribution is 7.10. The quantitative estimate of drug-likeness (QED) is 0.529. The molecule has 26 heavy (non-hydrogen) atoms. The first-order valence-electron chi connectivity index (χ1n) is 8.03. The summed E-state index contributed by atoms with van der Waals surface area (Å²) in [6.07, 6.45) is 1.76. The van der Waals surface area contributed by atoms with Gasteiger partial charge in [0.15, 0.2) is 0 Å². The second-order valence-corrected chi connectivity index (χ2v) is 7.98. The van der Waals surface area contributed by atoms with Crippen LogP contribution in [0.2, 0.25) is 10.0 Å². The van der Waals surface area contributed by atoms with Crippen LogP contribution in [0.5, 0.6) is 0 Å². The number of rotatable bonds is 4. The third-order valence-electron chi connectivity index (χ3n) is 4.68. The number of nitrogens with zero attached hydrogens (tertiary/aromatic N) is 1. The Labute approximate surface area is 163 Å². The number of hydrogen-bond donors (Lipinski definition) is 1. The molecular formula is C19H14Cl2F2N2S. The van der Waals surface area contributed by atoms with E-state index >= 15 is 0 Å². The zero-order valence-corrected chi connectivity index (χ0v) is 16.1. The third-order valence-corrected chi connectivity index (χ3v) is 6.32. The van der Waals surface area contributed by atoms with Crippen molar-refractivity contribution in [1.29, 1.82) is 0 Å². The van der Waals surface area contributed by atoms with Crippen molar-refractivity contribution in [3.63, 3.8) is 0 Å². The molecule has 1 heterocycles. The van der Waals surface area contributed by atoms with Gasteiger partial charge in [0.1, 0.15) is 16.6 Å². The molecule has 1 fully saturated rings. The van der Waals surface area contributed by atoms with Gasteiger partial charge in [-0.1, -0.05) is 23.2 Å². The van der Waals surface area contributed by atoms with E-state index in [1.165, 1.54) is 23.5 Å². The molecule has 0 unspecified atom stereocenters. The third kappa shape index (κ3) is 2.88. The molecule has 3 aromatic rings. The number of hydrogen-bond acceptors (Lipinski definition) is 3. The van der Waals surface area contributed by atoms with E-state index in [-0.39, 0.29) is 11.0 Å². The van der Waals surface area contributed by atoms with Crippen molar-refractivity contribution in [1.82, 2.24) is 4.98 Å². The molecule has 0 radical (unpaired) electrons. The molecule has 1 aliphatic rings. The lowest BCUT2D eigenvalue weighted by molar-refractivity contribution is 0.585. The second-order valence-electron chi connectivity index (χ2n) is 6.31. The lowest BCUT2D eigenvalue weighted by Gasteiger charge is -2.18. The molecule has 1 N–H and O–H groups in total. The van der Waals surface area contributed by atoms with Crippen LogP contribution in [0, 0.1) is 11.6 Å². The maximum Gasteiger partial charge on any atom is 0.135 e.